The molecular formula is C87H159N5O25. The first-order valence-electron chi connectivity index (χ1n) is 43.6. The molecule has 682 valence electrons. The van der Waals surface area contributed by atoms with Crippen LogP contribution in [0.2, 0.25) is 0 Å². The first-order chi connectivity index (χ1) is 54.7. The number of likely N-dealkylation sites (N-methyl/N-ethyl adjacent to an activating group) is 2. The van der Waals surface area contributed by atoms with E-state index in [-0.39, 0.29) is 68.6 Å². The summed E-state index contributed by atoms with van der Waals surface area (Å²) in [6.45, 7) is 39.1. The molecule has 6 saturated heterocycles. The van der Waals surface area contributed by atoms with Crippen molar-refractivity contribution in [1.29, 1.82) is 0 Å². The van der Waals surface area contributed by atoms with Crippen LogP contribution < -0.4 is 10.6 Å². The summed E-state index contributed by atoms with van der Waals surface area (Å²) in [7, 11) is 11.8. The largest absolute Gasteiger partial charge is 0.462 e. The minimum Gasteiger partial charge on any atom is -0.462 e. The average Bonchev–Trinajstić information content (AvgIpc) is 0.844. The number of likely N-dealkylation sites (tertiary alicyclic amines) is 1. The van der Waals surface area contributed by atoms with Crippen molar-refractivity contribution in [1.82, 2.24) is 25.3 Å². The number of allylic oxidation sites excluding steroid dienone is 3. The smallest absolute Gasteiger partial charge is 0.311 e. The van der Waals surface area contributed by atoms with Crippen LogP contribution in [0.25, 0.3) is 0 Å². The second kappa shape index (κ2) is 45.8. The quantitative estimate of drug-likeness (QED) is 0.0458. The van der Waals surface area contributed by atoms with Gasteiger partial charge in [0.2, 0.25) is 0 Å². The Balaban J connectivity index is 0.000000365. The van der Waals surface area contributed by atoms with Gasteiger partial charge in [0.05, 0.1) is 85.5 Å². The number of hydrogen-bond acceptors (Lipinski definition) is 30. The molecule has 6 fully saturated rings. The fourth-order valence-corrected chi connectivity index (χ4v) is 19.2. The third kappa shape index (κ3) is 26.6. The molecule has 30 heteroatoms. The lowest BCUT2D eigenvalue weighted by Crippen LogP contribution is -2.70. The number of methoxy groups -OCH3 is 3. The Morgan fingerprint density at radius 3 is 1.87 bits per heavy atom. The van der Waals surface area contributed by atoms with E-state index in [0.29, 0.717) is 50.6 Å². The molecule has 0 amide bonds. The van der Waals surface area contributed by atoms with E-state index in [1.165, 1.54) is 34.7 Å². The summed E-state index contributed by atoms with van der Waals surface area (Å²) in [4.78, 5) is 48.3. The molecule has 117 heavy (non-hydrogen) atoms. The number of piperidine rings is 1. The van der Waals surface area contributed by atoms with E-state index in [9.17, 15) is 60.3 Å². The Labute approximate surface area is 699 Å². The van der Waals surface area contributed by atoms with Crippen molar-refractivity contribution >= 4 is 17.7 Å². The molecule has 0 aromatic rings. The van der Waals surface area contributed by atoms with Crippen molar-refractivity contribution in [2.24, 2.45) is 53.3 Å². The molecule has 7 aliphatic rings. The molecule has 11 N–H and O–H groups in total. The number of ketones is 1. The molecule has 0 aromatic carbocycles. The van der Waals surface area contributed by atoms with Gasteiger partial charge < -0.3 is 133 Å². The standard InChI is InChI=1S/C46H80N2O13.C41H79N3O12/c1-13-36-33(24-57-46-44(56-12)43(55-11)40(53)31(8)59-46)19-25(2)14-15-34(49)28(5)20-32(16-17-48-22-26(3)18-27(4)23-48)42(29(6)35(50)21-37(51)60-36)61-45-41(54)38(47(9)10)39(52)30(7)58-45;1-15-17-42-22-41(50)28(8)53-31(20-39(41,10)51-14)55-33-25(5)35(56-37-32(45)29(44(12)13)18-24(4)52-37)38(9,48)19-23(3)21-43-27(7)34(46)40(11,49)30(16-2)54-36(47)26(33)6/h14-15,19,26-33,35-36,38-46,50,52-54H,13,16-18,20-24H2,1-12H3;23-35,37,42-43,45-46,48-50H,15-22H2,1-14H3/b15-14+,25-19+;/t26?,27?,28-,29+,30-,31?,32+,33-,35-,36-,38?,39-,40-,41?,42-,43+,44?,45+,46-;23-,24-,25+,26-,27-,28?,29?,30-,31?,32?,33+,34-,35-,37+,38+,39?,40-,41?/m11/s1. The third-order valence-electron chi connectivity index (χ3n) is 26.5. The summed E-state index contributed by atoms with van der Waals surface area (Å²) in [6, 6.07) is -1.56. The zero-order chi connectivity index (χ0) is 87.8. The maximum Gasteiger partial charge on any atom is 0.311 e. The number of nitrogens with one attached hydrogen (secondary N) is 2. The summed E-state index contributed by atoms with van der Waals surface area (Å²) >= 11 is 0. The number of carbonyl (C=O) groups is 3. The minimum atomic E-state index is -1.81. The van der Waals surface area contributed by atoms with E-state index < -0.39 is 199 Å². The Morgan fingerprint density at radius 2 is 1.28 bits per heavy atom. The number of nitrogens with zero attached hydrogens (tertiary/aromatic N) is 3. The van der Waals surface area contributed by atoms with Gasteiger partial charge in [-0.2, -0.15) is 0 Å². The molecule has 0 aliphatic carbocycles. The molecule has 30 nitrogen and oxygen atoms in total. The topological polar surface area (TPSA) is 387 Å². The normalized spacial score (nSPS) is 46.0. The molecular weight excluding hydrogens is 1510 g/mol. The van der Waals surface area contributed by atoms with Crippen molar-refractivity contribution in [3.63, 3.8) is 0 Å². The van der Waals surface area contributed by atoms with Crippen LogP contribution >= 0.6 is 0 Å². The van der Waals surface area contributed by atoms with Crippen molar-refractivity contribution in [3.05, 3.63) is 23.8 Å². The Kier molecular flexibility index (Phi) is 40.3. The van der Waals surface area contributed by atoms with E-state index in [2.05, 4.69) is 29.4 Å². The molecule has 12 unspecified atom stereocenters. The van der Waals surface area contributed by atoms with Gasteiger partial charge in [-0.05, 0) is 198 Å². The van der Waals surface area contributed by atoms with Crippen molar-refractivity contribution in [2.45, 2.75) is 365 Å². The first-order valence-corrected chi connectivity index (χ1v) is 43.6. The number of esters is 2. The predicted octanol–water partition coefficient (Wildman–Crippen LogP) is 5.27. The van der Waals surface area contributed by atoms with Gasteiger partial charge in [-0.1, -0.05) is 80.0 Å². The van der Waals surface area contributed by atoms with Crippen molar-refractivity contribution in [2.75, 3.05) is 95.4 Å². The molecule has 0 aromatic heterocycles. The minimum absolute atomic E-state index is 0.0427. The van der Waals surface area contributed by atoms with Gasteiger partial charge in [-0.15, -0.1) is 0 Å². The van der Waals surface area contributed by atoms with Gasteiger partial charge in [-0.25, -0.2) is 0 Å². The van der Waals surface area contributed by atoms with Gasteiger partial charge in [0, 0.05) is 83.1 Å². The molecule has 0 radical (unpaired) electrons. The highest BCUT2D eigenvalue weighted by atomic mass is 16.7. The fourth-order valence-electron chi connectivity index (χ4n) is 19.2. The zero-order valence-corrected chi connectivity index (χ0v) is 75.7. The van der Waals surface area contributed by atoms with E-state index in [0.717, 1.165) is 31.6 Å². The number of rotatable bonds is 23. The number of aliphatic hydroxyl groups is 9. The average molecular weight is 1680 g/mol. The number of aliphatic hydroxyl groups excluding tert-OH is 6. The highest BCUT2D eigenvalue weighted by molar-refractivity contribution is 5.91. The Bertz CT molecular complexity index is 3040. The van der Waals surface area contributed by atoms with Crippen molar-refractivity contribution in [3.8, 4) is 0 Å². The second-order valence-electron chi connectivity index (χ2n) is 37.1. The summed E-state index contributed by atoms with van der Waals surface area (Å²) in [5.41, 5.74) is -5.19. The summed E-state index contributed by atoms with van der Waals surface area (Å²) in [5.74, 6) is -4.12. The van der Waals surface area contributed by atoms with E-state index in [4.69, 9.17) is 61.6 Å². The SMILES string of the molecule is CCCNCC1(O)C(C)OC(O[C@H]2[C@H](C)[C@@H](O[C@@H]3O[C@H](C)CC(N(C)C)C3O)[C@@](C)(O)C[C@@H](C)CN[C@H](C)[C@@H](O)[C@](C)(O)[C@@H](CC)OC(=O)[C@@H]2C)CC1(C)OC.CC[C@H]1OC(=O)C[C@@H](O)[C@H](C)[C@@H](O[C@@H]2O[C@H](C)[C@@H](O)C(N(C)C)C2O)[C@@H](CCN2CC(C)CC(C)C2)C[C@@H](C)C(=O)/C=C/C(C)=C/[C@@H]1CO[C@@H]1OC(C)[C@@H](O)[C@H](OC)C1OC. The highest BCUT2D eigenvalue weighted by Crippen LogP contribution is 2.45. The molecule has 0 bridgehead atoms. The van der Waals surface area contributed by atoms with Gasteiger partial charge >= 0.3 is 11.9 Å². The van der Waals surface area contributed by atoms with Gasteiger partial charge in [-0.3, -0.25) is 14.4 Å². The van der Waals surface area contributed by atoms with Crippen LogP contribution in [-0.4, -0.2) is 343 Å². The van der Waals surface area contributed by atoms with Crippen LogP contribution in [0, 0.1) is 53.3 Å². The molecule has 7 rings (SSSR count). The number of hydrogen-bond donors (Lipinski definition) is 11. The van der Waals surface area contributed by atoms with Gasteiger partial charge in [0.25, 0.3) is 0 Å². The van der Waals surface area contributed by atoms with Crippen LogP contribution in [-0.2, 0) is 76.0 Å². The molecule has 0 saturated carbocycles. The number of cyclic esters (lactones) is 2. The predicted molar refractivity (Wildman–Crippen MR) is 441 cm³/mol. The third-order valence-corrected chi connectivity index (χ3v) is 26.5. The van der Waals surface area contributed by atoms with Gasteiger partial charge in [0.1, 0.15) is 65.6 Å². The fraction of sp³-hybridized carbons (Fsp3) is 0.920. The van der Waals surface area contributed by atoms with Crippen LogP contribution in [0.5, 0.6) is 0 Å². The number of ether oxygens (including phenoxy) is 13. The first kappa shape index (κ1) is 103. The van der Waals surface area contributed by atoms with E-state index >= 15 is 0 Å². The zero-order valence-electron chi connectivity index (χ0n) is 75.7. The van der Waals surface area contributed by atoms with Crippen LogP contribution in [0.4, 0.5) is 0 Å². The Morgan fingerprint density at radius 1 is 0.658 bits per heavy atom. The Hall–Kier alpha value is -2.91. The van der Waals surface area contributed by atoms with Crippen molar-refractivity contribution < 1.29 is 122 Å². The van der Waals surface area contributed by atoms with Crippen LogP contribution in [0.15, 0.2) is 23.8 Å². The maximum absolute atomic E-state index is 14.3. The van der Waals surface area contributed by atoms with Gasteiger partial charge in [0.15, 0.2) is 30.9 Å². The maximum atomic E-state index is 14.3. The molecule has 37 atom stereocenters. The van der Waals surface area contributed by atoms with E-state index in [1.54, 1.807) is 79.6 Å². The highest BCUT2D eigenvalue weighted by Gasteiger charge is 2.59. The summed E-state index contributed by atoms with van der Waals surface area (Å²) in [6.07, 6.45) is -9.67. The summed E-state index contributed by atoms with van der Waals surface area (Å²) < 4.78 is 80.9. The summed E-state index contributed by atoms with van der Waals surface area (Å²) in [5, 5.41) is 111. The lowest BCUT2D eigenvalue weighted by Gasteiger charge is -2.53. The lowest BCUT2D eigenvalue weighted by molar-refractivity contribution is -0.336. The molecule has 7 aliphatic heterocycles. The number of carbonyl (C=O) groups excluding carboxylic acids is 3. The molecule has 0 spiro atoms. The van der Waals surface area contributed by atoms with Crippen LogP contribution in [0.1, 0.15) is 196 Å². The lowest BCUT2D eigenvalue weighted by atomic mass is 9.75. The second-order valence-corrected chi connectivity index (χ2v) is 37.1. The monoisotopic (exact) mass is 1670 g/mol. The van der Waals surface area contributed by atoms with Crippen LogP contribution in [0.3, 0.4) is 0 Å². The van der Waals surface area contributed by atoms with E-state index in [1.807, 2.05) is 87.4 Å². The molecule has 7 heterocycles.